The highest BCUT2D eigenvalue weighted by Crippen LogP contribution is 2.27. The average Bonchev–Trinajstić information content (AvgIpc) is 3.59. The molecular formula is C24H27N5O6S. The second kappa shape index (κ2) is 9.69. The van der Waals surface area contributed by atoms with Gasteiger partial charge in [0, 0.05) is 24.3 Å². The lowest BCUT2D eigenvalue weighted by molar-refractivity contribution is -0.141. The molecule has 1 unspecified atom stereocenters. The summed E-state index contributed by atoms with van der Waals surface area (Å²) in [6.07, 6.45) is 5.65. The van der Waals surface area contributed by atoms with Crippen molar-refractivity contribution in [1.82, 2.24) is 14.9 Å². The van der Waals surface area contributed by atoms with Crippen molar-refractivity contribution in [1.29, 1.82) is 0 Å². The first-order valence-corrected chi connectivity index (χ1v) is 13.3. The number of hydrogen-bond donors (Lipinski definition) is 4. The van der Waals surface area contributed by atoms with Gasteiger partial charge in [-0.05, 0) is 62.1 Å². The minimum Gasteiger partial charge on any atom is -0.480 e. The number of aromatic nitrogens is 2. The van der Waals surface area contributed by atoms with E-state index >= 15 is 0 Å². The van der Waals surface area contributed by atoms with E-state index in [-0.39, 0.29) is 16.6 Å². The molecule has 0 spiro atoms. The van der Waals surface area contributed by atoms with E-state index in [2.05, 4.69) is 20.6 Å². The monoisotopic (exact) mass is 513 g/mol. The summed E-state index contributed by atoms with van der Waals surface area (Å²) in [5.74, 6) is -0.839. The smallest absolute Gasteiger partial charge is 0.339 e. The van der Waals surface area contributed by atoms with Gasteiger partial charge >= 0.3 is 22.1 Å². The van der Waals surface area contributed by atoms with Gasteiger partial charge in [0.2, 0.25) is 5.95 Å². The average molecular weight is 514 g/mol. The Labute approximate surface area is 208 Å². The van der Waals surface area contributed by atoms with Crippen LogP contribution in [0.3, 0.4) is 0 Å². The zero-order valence-electron chi connectivity index (χ0n) is 19.4. The number of nitrogens with zero attached hydrogens (tertiary/aromatic N) is 2. The van der Waals surface area contributed by atoms with Gasteiger partial charge in [0.15, 0.2) is 0 Å². The number of imidazole rings is 1. The van der Waals surface area contributed by atoms with Crippen LogP contribution in [-0.2, 0) is 14.9 Å². The number of carbonyl (C=O) groups excluding carboxylic acids is 1. The topological polar surface area (TPSA) is 154 Å². The molecule has 5 rings (SSSR count). The number of H-pyrrole nitrogens is 1. The molecule has 2 aromatic carbocycles. The molecule has 1 aliphatic carbocycles. The third-order valence-electron chi connectivity index (χ3n) is 6.55. The van der Waals surface area contributed by atoms with Crippen LogP contribution in [0, 0.1) is 0 Å². The normalized spacial score (nSPS) is 18.4. The molecule has 0 bridgehead atoms. The Morgan fingerprint density at radius 3 is 2.53 bits per heavy atom. The molecule has 12 heteroatoms. The Morgan fingerprint density at radius 2 is 1.81 bits per heavy atom. The summed E-state index contributed by atoms with van der Waals surface area (Å²) >= 11 is 0. The fourth-order valence-corrected chi connectivity index (χ4v) is 5.66. The Bertz CT molecular complexity index is 1380. The molecule has 11 nitrogen and oxygen atoms in total. The van der Waals surface area contributed by atoms with Crippen LogP contribution >= 0.6 is 0 Å². The van der Waals surface area contributed by atoms with Crippen LogP contribution in [-0.4, -0.2) is 59.0 Å². The molecule has 2 heterocycles. The van der Waals surface area contributed by atoms with Gasteiger partial charge in [-0.3, -0.25) is 5.32 Å². The molecule has 0 radical (unpaired) electrons. The number of benzene rings is 2. The first-order valence-electron chi connectivity index (χ1n) is 11.9. The van der Waals surface area contributed by atoms with Gasteiger partial charge in [0.05, 0.1) is 11.0 Å². The van der Waals surface area contributed by atoms with Crippen LogP contribution in [0.4, 0.5) is 16.4 Å². The van der Waals surface area contributed by atoms with Gasteiger partial charge < -0.3 is 24.5 Å². The molecule has 1 aliphatic heterocycles. The van der Waals surface area contributed by atoms with Crippen molar-refractivity contribution in [3.05, 3.63) is 42.5 Å². The molecule has 1 aromatic heterocycles. The van der Waals surface area contributed by atoms with Crippen molar-refractivity contribution >= 4 is 44.8 Å². The van der Waals surface area contributed by atoms with Gasteiger partial charge in [-0.2, -0.15) is 8.42 Å². The molecule has 1 saturated heterocycles. The lowest BCUT2D eigenvalue weighted by atomic mass is 10.2. The van der Waals surface area contributed by atoms with Gasteiger partial charge in [0.25, 0.3) is 0 Å². The standard InChI is InChI=1S/C24H27N5O6S/c30-22(31)21-6-3-13-29(21)24(32)28-23-26-19-12-9-17(14-20(19)27-23)35-36(33,34)18-10-7-16(8-11-18)25-15-4-1-2-5-15/h7-12,14-15,21,25H,1-6,13H2,(H,30,31)(H2,26,27,28,32). The molecule has 4 N–H and O–H groups in total. The predicted molar refractivity (Wildman–Crippen MR) is 133 cm³/mol. The van der Waals surface area contributed by atoms with Crippen molar-refractivity contribution in [2.24, 2.45) is 0 Å². The number of carboxylic acid groups (broad SMARTS) is 1. The van der Waals surface area contributed by atoms with Crippen molar-refractivity contribution in [2.75, 3.05) is 17.2 Å². The predicted octanol–water partition coefficient (Wildman–Crippen LogP) is 3.77. The fourth-order valence-electron chi connectivity index (χ4n) is 4.74. The number of carbonyl (C=O) groups is 2. The minimum atomic E-state index is -4.06. The van der Waals surface area contributed by atoms with Crippen LogP contribution in [0.2, 0.25) is 0 Å². The van der Waals surface area contributed by atoms with E-state index in [1.54, 1.807) is 18.2 Å². The van der Waals surface area contributed by atoms with Crippen LogP contribution in [0.15, 0.2) is 47.4 Å². The van der Waals surface area contributed by atoms with E-state index in [9.17, 15) is 23.1 Å². The number of rotatable bonds is 7. The molecule has 2 aliphatic rings. The van der Waals surface area contributed by atoms with E-state index < -0.39 is 28.2 Å². The molecule has 190 valence electrons. The molecule has 1 saturated carbocycles. The third kappa shape index (κ3) is 5.08. The number of amides is 2. The van der Waals surface area contributed by atoms with Crippen molar-refractivity contribution in [2.45, 2.75) is 55.5 Å². The summed E-state index contributed by atoms with van der Waals surface area (Å²) in [5, 5.41) is 15.3. The van der Waals surface area contributed by atoms with Gasteiger partial charge in [-0.1, -0.05) is 12.8 Å². The Hall–Kier alpha value is -3.80. The number of fused-ring (bicyclic) bond motifs is 1. The number of nitrogens with one attached hydrogen (secondary N) is 3. The lowest BCUT2D eigenvalue weighted by Crippen LogP contribution is -2.42. The molecule has 3 aromatic rings. The maximum absolute atomic E-state index is 12.8. The second-order valence-electron chi connectivity index (χ2n) is 9.07. The summed E-state index contributed by atoms with van der Waals surface area (Å²) in [6, 6.07) is 10.00. The SMILES string of the molecule is O=C(O)C1CCCN1C(=O)Nc1nc2ccc(OS(=O)(=O)c3ccc(NC4CCCC4)cc3)cc2[nH]1. The molecule has 2 amide bonds. The number of anilines is 2. The molecule has 2 fully saturated rings. The first kappa shape index (κ1) is 23.9. The van der Waals surface area contributed by atoms with E-state index in [1.807, 2.05) is 0 Å². The highest BCUT2D eigenvalue weighted by atomic mass is 32.2. The van der Waals surface area contributed by atoms with E-state index in [0.717, 1.165) is 18.5 Å². The van der Waals surface area contributed by atoms with Crippen LogP contribution in [0.1, 0.15) is 38.5 Å². The first-order chi connectivity index (χ1) is 17.3. The highest BCUT2D eigenvalue weighted by Gasteiger charge is 2.34. The molecule has 1 atom stereocenters. The van der Waals surface area contributed by atoms with Gasteiger partial charge in [0.1, 0.15) is 16.7 Å². The van der Waals surface area contributed by atoms with E-state index in [0.29, 0.717) is 36.5 Å². The van der Waals surface area contributed by atoms with Crippen molar-refractivity contribution in [3.63, 3.8) is 0 Å². The van der Waals surface area contributed by atoms with Crippen LogP contribution < -0.4 is 14.8 Å². The van der Waals surface area contributed by atoms with Gasteiger partial charge in [-0.15, -0.1) is 0 Å². The van der Waals surface area contributed by atoms with Crippen LogP contribution in [0.5, 0.6) is 5.75 Å². The van der Waals surface area contributed by atoms with Crippen molar-refractivity contribution in [3.8, 4) is 5.75 Å². The Balaban J connectivity index is 1.26. The highest BCUT2D eigenvalue weighted by molar-refractivity contribution is 7.87. The van der Waals surface area contributed by atoms with E-state index in [1.165, 1.54) is 42.0 Å². The number of aliphatic carboxylic acids is 1. The quantitative estimate of drug-likeness (QED) is 0.348. The zero-order valence-corrected chi connectivity index (χ0v) is 20.3. The summed E-state index contributed by atoms with van der Waals surface area (Å²) in [4.78, 5) is 32.3. The zero-order chi connectivity index (χ0) is 25.3. The minimum absolute atomic E-state index is 0.0377. The number of carboxylic acids is 1. The third-order valence-corrected chi connectivity index (χ3v) is 7.81. The van der Waals surface area contributed by atoms with Crippen molar-refractivity contribution < 1.29 is 27.3 Å². The number of urea groups is 1. The van der Waals surface area contributed by atoms with Gasteiger partial charge in [-0.25, -0.2) is 14.6 Å². The largest absolute Gasteiger partial charge is 0.480 e. The fraction of sp³-hybridized carbons (Fsp3) is 0.375. The maximum Gasteiger partial charge on any atom is 0.339 e. The Kier molecular flexibility index (Phi) is 6.44. The van der Waals surface area contributed by atoms with Crippen LogP contribution in [0.25, 0.3) is 11.0 Å². The maximum atomic E-state index is 12.8. The summed E-state index contributed by atoms with van der Waals surface area (Å²) in [7, 11) is -4.06. The molecular weight excluding hydrogens is 486 g/mol. The number of likely N-dealkylation sites (tertiary alicyclic amines) is 1. The summed E-state index contributed by atoms with van der Waals surface area (Å²) < 4.78 is 30.9. The molecule has 36 heavy (non-hydrogen) atoms. The number of aromatic amines is 1. The van der Waals surface area contributed by atoms with E-state index in [4.69, 9.17) is 4.18 Å². The number of hydrogen-bond acceptors (Lipinski definition) is 7. The second-order valence-corrected chi connectivity index (χ2v) is 10.6. The summed E-state index contributed by atoms with van der Waals surface area (Å²) in [5.41, 5.74) is 1.80. The summed E-state index contributed by atoms with van der Waals surface area (Å²) in [6.45, 7) is 0.344. The lowest BCUT2D eigenvalue weighted by Gasteiger charge is -2.20. The Morgan fingerprint density at radius 1 is 1.06 bits per heavy atom.